The van der Waals surface area contributed by atoms with Crippen LogP contribution >= 0.6 is 23.2 Å². The fraction of sp³-hybridized carbons (Fsp3) is 0.211. The number of hydrogen-bond acceptors (Lipinski definition) is 1. The van der Waals surface area contributed by atoms with E-state index >= 15 is 0 Å². The van der Waals surface area contributed by atoms with Crippen LogP contribution in [0.5, 0.6) is 0 Å². The van der Waals surface area contributed by atoms with Crippen LogP contribution in [0, 0.1) is 5.92 Å². The summed E-state index contributed by atoms with van der Waals surface area (Å²) in [7, 11) is 0. The number of allylic oxidation sites excluding steroid dienone is 1. The molecule has 1 unspecified atom stereocenters. The van der Waals surface area contributed by atoms with Crippen molar-refractivity contribution in [2.45, 2.75) is 18.3 Å². The molecular formula is C19H14Cl2O2. The summed E-state index contributed by atoms with van der Waals surface area (Å²) in [6.45, 7) is 0. The minimum atomic E-state index is -0.913. The van der Waals surface area contributed by atoms with E-state index in [2.05, 4.69) is 12.1 Å². The van der Waals surface area contributed by atoms with Gasteiger partial charge >= 0.3 is 5.97 Å². The minimum Gasteiger partial charge on any atom is -0.478 e. The Morgan fingerprint density at radius 1 is 1.04 bits per heavy atom. The van der Waals surface area contributed by atoms with E-state index in [4.69, 9.17) is 28.3 Å². The van der Waals surface area contributed by atoms with Gasteiger partial charge in [-0.25, -0.2) is 4.79 Å². The summed E-state index contributed by atoms with van der Waals surface area (Å²) < 4.78 is 0. The first kappa shape index (κ1) is 14.8. The third-order valence-electron chi connectivity index (χ3n) is 4.96. The summed E-state index contributed by atoms with van der Waals surface area (Å²) in [5.41, 5.74) is 4.70. The molecule has 0 aromatic heterocycles. The molecule has 1 atom stereocenters. The first-order chi connectivity index (χ1) is 11.1. The molecule has 1 N–H and O–H groups in total. The van der Waals surface area contributed by atoms with Crippen molar-refractivity contribution < 1.29 is 9.90 Å². The molecular weight excluding hydrogens is 331 g/mol. The number of hydrogen-bond donors (Lipinski definition) is 1. The van der Waals surface area contributed by atoms with Gasteiger partial charge in [-0.3, -0.25) is 0 Å². The quantitative estimate of drug-likeness (QED) is 0.757. The molecule has 2 nitrogen and oxygen atoms in total. The van der Waals surface area contributed by atoms with E-state index in [0.29, 0.717) is 0 Å². The van der Waals surface area contributed by atoms with Crippen molar-refractivity contribution in [3.8, 4) is 0 Å². The van der Waals surface area contributed by atoms with Crippen LogP contribution in [-0.4, -0.2) is 11.1 Å². The highest BCUT2D eigenvalue weighted by atomic mass is 35.5. The van der Waals surface area contributed by atoms with Crippen LogP contribution < -0.4 is 0 Å². The summed E-state index contributed by atoms with van der Waals surface area (Å²) in [6.07, 6.45) is 3.90. The number of carbonyl (C=O) groups is 1. The van der Waals surface area contributed by atoms with E-state index < -0.39 is 5.97 Å². The predicted octanol–water partition coefficient (Wildman–Crippen LogP) is 5.23. The van der Waals surface area contributed by atoms with Crippen LogP contribution in [0.3, 0.4) is 0 Å². The van der Waals surface area contributed by atoms with Gasteiger partial charge in [-0.1, -0.05) is 53.5 Å². The Balaban J connectivity index is 1.94. The molecule has 2 aromatic carbocycles. The molecule has 0 saturated heterocycles. The fourth-order valence-electron chi connectivity index (χ4n) is 4.20. The van der Waals surface area contributed by atoms with Crippen molar-refractivity contribution >= 4 is 29.2 Å². The Kier molecular flexibility index (Phi) is 3.47. The van der Waals surface area contributed by atoms with Gasteiger partial charge in [0.1, 0.15) is 0 Å². The smallest absolute Gasteiger partial charge is 0.327 e. The molecule has 0 radical (unpaired) electrons. The molecule has 0 amide bonds. The van der Waals surface area contributed by atoms with Gasteiger partial charge in [-0.05, 0) is 46.7 Å². The monoisotopic (exact) mass is 344 g/mol. The van der Waals surface area contributed by atoms with Gasteiger partial charge in [0.2, 0.25) is 0 Å². The van der Waals surface area contributed by atoms with Crippen LogP contribution in [0.4, 0.5) is 0 Å². The second kappa shape index (κ2) is 5.40. The van der Waals surface area contributed by atoms with Crippen molar-refractivity contribution in [2.75, 3.05) is 0 Å². The maximum Gasteiger partial charge on any atom is 0.327 e. The van der Waals surface area contributed by atoms with E-state index in [1.165, 1.54) is 17.2 Å². The van der Waals surface area contributed by atoms with Crippen LogP contribution in [0.15, 0.2) is 48.6 Å². The van der Waals surface area contributed by atoms with E-state index in [9.17, 15) is 4.79 Å². The third-order valence-corrected chi connectivity index (χ3v) is 5.62. The van der Waals surface area contributed by atoms with E-state index in [1.54, 1.807) is 0 Å². The SMILES string of the molecule is O=C(O)/C=C/C1CC2c3c(Cl)cccc3C1c1cccc(Cl)c12. The first-order valence-corrected chi connectivity index (χ1v) is 8.31. The van der Waals surface area contributed by atoms with Crippen molar-refractivity contribution in [3.05, 3.63) is 80.8 Å². The fourth-order valence-corrected chi connectivity index (χ4v) is 4.82. The summed E-state index contributed by atoms with van der Waals surface area (Å²) in [4.78, 5) is 10.9. The van der Waals surface area contributed by atoms with E-state index in [0.717, 1.165) is 27.6 Å². The molecule has 3 aliphatic carbocycles. The molecule has 4 heteroatoms. The minimum absolute atomic E-state index is 0.109. The Hall–Kier alpha value is -1.77. The number of carboxylic acids is 1. The van der Waals surface area contributed by atoms with Crippen LogP contribution in [0.25, 0.3) is 0 Å². The maximum atomic E-state index is 10.9. The van der Waals surface area contributed by atoms with Gasteiger partial charge in [0.15, 0.2) is 0 Å². The second-order valence-corrected chi connectivity index (χ2v) is 6.93. The number of carboxylic acid groups (broad SMARTS) is 1. The van der Waals surface area contributed by atoms with Crippen molar-refractivity contribution in [3.63, 3.8) is 0 Å². The van der Waals surface area contributed by atoms with Gasteiger partial charge in [-0.15, -0.1) is 0 Å². The average molecular weight is 345 g/mol. The standard InChI is InChI=1S/C19H14Cl2O2/c20-14-5-1-3-11-17-10(7-8-16(22)23)9-13(18(11)14)19-12(17)4-2-6-15(19)21/h1-8,10,13,17H,9H2,(H,22,23)/b8-7+. The zero-order valence-electron chi connectivity index (χ0n) is 12.2. The van der Waals surface area contributed by atoms with Crippen LogP contribution in [0.2, 0.25) is 10.0 Å². The molecule has 5 rings (SSSR count). The number of halogens is 2. The second-order valence-electron chi connectivity index (χ2n) is 6.11. The zero-order valence-corrected chi connectivity index (χ0v) is 13.7. The Labute approximate surface area is 144 Å². The summed E-state index contributed by atoms with van der Waals surface area (Å²) in [5, 5.41) is 10.5. The lowest BCUT2D eigenvalue weighted by Gasteiger charge is -2.45. The molecule has 23 heavy (non-hydrogen) atoms. The topological polar surface area (TPSA) is 37.3 Å². The predicted molar refractivity (Wildman–Crippen MR) is 91.5 cm³/mol. The lowest BCUT2D eigenvalue weighted by molar-refractivity contribution is -0.131. The molecule has 0 fully saturated rings. The summed E-state index contributed by atoms with van der Waals surface area (Å²) in [6, 6.07) is 12.0. The molecule has 0 heterocycles. The molecule has 116 valence electrons. The lowest BCUT2D eigenvalue weighted by Crippen LogP contribution is -2.31. The molecule has 0 saturated carbocycles. The Bertz CT molecular complexity index is 788. The van der Waals surface area contributed by atoms with Crippen molar-refractivity contribution in [1.82, 2.24) is 0 Å². The van der Waals surface area contributed by atoms with Crippen molar-refractivity contribution in [2.24, 2.45) is 5.92 Å². The largest absolute Gasteiger partial charge is 0.478 e. The lowest BCUT2D eigenvalue weighted by atomic mass is 9.59. The van der Waals surface area contributed by atoms with E-state index in [1.807, 2.05) is 30.3 Å². The van der Waals surface area contributed by atoms with Gasteiger partial charge in [0.05, 0.1) is 0 Å². The third kappa shape index (κ3) is 2.20. The van der Waals surface area contributed by atoms with Crippen molar-refractivity contribution in [1.29, 1.82) is 0 Å². The number of aliphatic carboxylic acids is 1. The van der Waals surface area contributed by atoms with Gasteiger partial charge in [0.25, 0.3) is 0 Å². The van der Waals surface area contributed by atoms with Gasteiger partial charge in [-0.2, -0.15) is 0 Å². The number of benzene rings is 2. The first-order valence-electron chi connectivity index (χ1n) is 7.55. The highest BCUT2D eigenvalue weighted by molar-refractivity contribution is 6.32. The van der Waals surface area contributed by atoms with Crippen LogP contribution in [0.1, 0.15) is 40.5 Å². The van der Waals surface area contributed by atoms with E-state index in [-0.39, 0.29) is 17.8 Å². The van der Waals surface area contributed by atoms with Gasteiger partial charge in [0, 0.05) is 28.0 Å². The normalized spacial score (nSPS) is 24.5. The molecule has 0 spiro atoms. The number of rotatable bonds is 2. The Morgan fingerprint density at radius 3 is 2.13 bits per heavy atom. The Morgan fingerprint density at radius 2 is 1.61 bits per heavy atom. The average Bonchev–Trinajstić information content (AvgIpc) is 2.53. The molecule has 0 aliphatic heterocycles. The summed E-state index contributed by atoms with van der Waals surface area (Å²) in [5.74, 6) is -0.536. The molecule has 3 aliphatic rings. The highest BCUT2D eigenvalue weighted by Crippen LogP contribution is 2.58. The van der Waals surface area contributed by atoms with Gasteiger partial charge < -0.3 is 5.11 Å². The van der Waals surface area contributed by atoms with Crippen LogP contribution in [-0.2, 0) is 4.79 Å². The highest BCUT2D eigenvalue weighted by Gasteiger charge is 2.44. The molecule has 2 aromatic rings. The molecule has 2 bridgehead atoms. The number of fused-ring (bicyclic) bond motifs is 1. The maximum absolute atomic E-state index is 10.9. The summed E-state index contributed by atoms with van der Waals surface area (Å²) >= 11 is 13.0. The zero-order chi connectivity index (χ0) is 16.1.